The molecule has 7 heteroatoms. The molecule has 2 aromatic carbocycles. The molecule has 0 atom stereocenters. The van der Waals surface area contributed by atoms with Gasteiger partial charge in [-0.3, -0.25) is 14.7 Å². The summed E-state index contributed by atoms with van der Waals surface area (Å²) in [5.74, 6) is 2.55. The zero-order valence-electron chi connectivity index (χ0n) is 24.5. The Morgan fingerprint density at radius 1 is 0.952 bits per heavy atom. The third-order valence-corrected chi connectivity index (χ3v) is 10.4. The summed E-state index contributed by atoms with van der Waals surface area (Å²) >= 11 is 0. The fraction of sp³-hybridized carbons (Fsp3) is 0.486. The molecule has 0 spiro atoms. The van der Waals surface area contributed by atoms with Gasteiger partial charge in [0.15, 0.2) is 0 Å². The van der Waals surface area contributed by atoms with E-state index < -0.39 is 0 Å². The fourth-order valence-corrected chi connectivity index (χ4v) is 8.98. The third kappa shape index (κ3) is 5.51. The number of halogens is 1. The summed E-state index contributed by atoms with van der Waals surface area (Å²) in [5, 5.41) is 9.68. The summed E-state index contributed by atoms with van der Waals surface area (Å²) < 4.78 is 14.9. The van der Waals surface area contributed by atoms with Gasteiger partial charge in [0.05, 0.1) is 6.20 Å². The van der Waals surface area contributed by atoms with Crippen LogP contribution in [0, 0.1) is 29.0 Å². The summed E-state index contributed by atoms with van der Waals surface area (Å²) in [7, 11) is 2.00. The number of anilines is 1. The first kappa shape index (κ1) is 27.4. The minimum absolute atomic E-state index is 0.0230. The van der Waals surface area contributed by atoms with Crippen LogP contribution in [0.1, 0.15) is 54.4 Å². The first-order valence-corrected chi connectivity index (χ1v) is 15.6. The van der Waals surface area contributed by atoms with Crippen molar-refractivity contribution in [3.05, 3.63) is 77.9 Å². The number of hydrogen-bond donors (Lipinski definition) is 1. The second-order valence-corrected chi connectivity index (χ2v) is 13.6. The number of aromatic nitrogens is 1. The van der Waals surface area contributed by atoms with Crippen molar-refractivity contribution in [3.63, 3.8) is 0 Å². The molecule has 3 aromatic rings. The highest BCUT2D eigenvalue weighted by Crippen LogP contribution is 2.60. The van der Waals surface area contributed by atoms with Crippen molar-refractivity contribution in [1.82, 2.24) is 14.8 Å². The van der Waals surface area contributed by atoms with Crippen molar-refractivity contribution in [2.24, 2.45) is 23.2 Å². The molecule has 6 nitrogen and oxygen atoms in total. The molecular weight excluding hydrogens is 527 g/mol. The van der Waals surface area contributed by atoms with Gasteiger partial charge in [-0.25, -0.2) is 4.39 Å². The molecule has 1 N–H and O–H groups in total. The summed E-state index contributed by atoms with van der Waals surface area (Å²) in [4.78, 5) is 24.0. The van der Waals surface area contributed by atoms with Gasteiger partial charge in [-0.2, -0.15) is 0 Å². The van der Waals surface area contributed by atoms with Crippen molar-refractivity contribution in [1.29, 1.82) is 0 Å². The Morgan fingerprint density at radius 3 is 2.24 bits per heavy atom. The highest BCUT2D eigenvalue weighted by Gasteiger charge is 2.51. The molecule has 1 aromatic heterocycles. The van der Waals surface area contributed by atoms with Gasteiger partial charge < -0.3 is 14.9 Å². The van der Waals surface area contributed by atoms with Gasteiger partial charge in [0.2, 0.25) is 0 Å². The molecule has 1 aliphatic heterocycles. The van der Waals surface area contributed by atoms with Crippen LogP contribution in [0.15, 0.2) is 60.9 Å². The Labute approximate surface area is 248 Å². The molecule has 4 bridgehead atoms. The number of hydrogen-bond acceptors (Lipinski definition) is 5. The number of aromatic hydroxyl groups is 1. The maximum absolute atomic E-state index is 14.9. The van der Waals surface area contributed by atoms with E-state index in [-0.39, 0.29) is 17.5 Å². The Balaban J connectivity index is 0.921. The number of rotatable bonds is 7. The van der Waals surface area contributed by atoms with E-state index in [1.54, 1.807) is 18.3 Å². The molecule has 5 fully saturated rings. The Bertz CT molecular complexity index is 1410. The van der Waals surface area contributed by atoms with Crippen LogP contribution in [0.4, 0.5) is 10.1 Å². The van der Waals surface area contributed by atoms with Gasteiger partial charge in [-0.05, 0) is 104 Å². The van der Waals surface area contributed by atoms with Crippen LogP contribution < -0.4 is 4.90 Å². The normalized spacial score (nSPS) is 26.9. The maximum atomic E-state index is 14.9. The molecule has 42 heavy (non-hydrogen) atoms. The topological polar surface area (TPSA) is 59.9 Å². The molecule has 220 valence electrons. The van der Waals surface area contributed by atoms with E-state index >= 15 is 0 Å². The van der Waals surface area contributed by atoms with Crippen LogP contribution in [0.25, 0.3) is 11.1 Å². The Kier molecular flexibility index (Phi) is 7.17. The molecule has 4 aliphatic carbocycles. The van der Waals surface area contributed by atoms with Gasteiger partial charge in [-0.1, -0.05) is 12.1 Å². The molecule has 5 aliphatic rings. The highest BCUT2D eigenvalue weighted by molar-refractivity contribution is 5.94. The Hall–Kier alpha value is -3.45. The summed E-state index contributed by atoms with van der Waals surface area (Å²) in [6.07, 6.45) is 11.1. The van der Waals surface area contributed by atoms with E-state index in [1.165, 1.54) is 50.8 Å². The van der Waals surface area contributed by atoms with E-state index in [0.29, 0.717) is 23.1 Å². The number of carbonyl (C=O) groups excluding carboxylic acids is 1. The number of pyridine rings is 1. The largest absolute Gasteiger partial charge is 0.506 e. The lowest BCUT2D eigenvalue weighted by Crippen LogP contribution is -2.51. The van der Waals surface area contributed by atoms with Crippen molar-refractivity contribution in [2.75, 3.05) is 44.7 Å². The van der Waals surface area contributed by atoms with Crippen molar-refractivity contribution in [2.45, 2.75) is 45.1 Å². The molecular formula is C35H41FN4O2. The number of carbonyl (C=O) groups is 1. The summed E-state index contributed by atoms with van der Waals surface area (Å²) in [6, 6.07) is 15.0. The molecule has 2 heterocycles. The quantitative estimate of drug-likeness (QED) is 0.368. The standard InChI is InChI=1S/C35H41FN4O2/c1-38(23-35-17-25-12-26(18-35)14-27(13-25)19-35)34(42)28-3-5-30(6-4-28)40-10-8-39(9-11-40)22-24-2-7-32(33(36)15-24)29-16-31(41)21-37-20-29/h2-7,15-16,20-21,25-27,41H,8-14,17-19,22-23H2,1H3. The Morgan fingerprint density at radius 2 is 1.62 bits per heavy atom. The lowest BCUT2D eigenvalue weighted by Gasteiger charge is -2.57. The predicted octanol–water partition coefficient (Wildman–Crippen LogP) is 6.20. The lowest BCUT2D eigenvalue weighted by molar-refractivity contribution is -0.0629. The average Bonchev–Trinajstić information content (AvgIpc) is 2.96. The third-order valence-electron chi connectivity index (χ3n) is 10.4. The monoisotopic (exact) mass is 568 g/mol. The van der Waals surface area contributed by atoms with Crippen LogP contribution >= 0.6 is 0 Å². The SMILES string of the molecule is CN(CC12CC3CC(CC(C3)C1)C2)C(=O)c1ccc(N2CCN(Cc3ccc(-c4cncc(O)c4)c(F)c3)CC2)cc1. The number of amides is 1. The molecule has 8 rings (SSSR count). The maximum Gasteiger partial charge on any atom is 0.253 e. The molecule has 1 saturated heterocycles. The van der Waals surface area contributed by atoms with Gasteiger partial charge in [0.25, 0.3) is 5.91 Å². The van der Waals surface area contributed by atoms with Crippen LogP contribution in [-0.2, 0) is 6.54 Å². The summed E-state index contributed by atoms with van der Waals surface area (Å²) in [5.41, 5.74) is 4.21. The summed E-state index contributed by atoms with van der Waals surface area (Å²) in [6.45, 7) is 5.12. The van der Waals surface area contributed by atoms with Gasteiger partial charge in [-0.15, -0.1) is 0 Å². The van der Waals surface area contributed by atoms with Crippen LogP contribution in [0.2, 0.25) is 0 Å². The van der Waals surface area contributed by atoms with Crippen LogP contribution in [0.3, 0.4) is 0 Å². The average molecular weight is 569 g/mol. The molecule has 0 radical (unpaired) electrons. The smallest absolute Gasteiger partial charge is 0.253 e. The van der Waals surface area contributed by atoms with Crippen LogP contribution in [0.5, 0.6) is 5.75 Å². The van der Waals surface area contributed by atoms with E-state index in [1.807, 2.05) is 30.1 Å². The number of nitrogens with zero attached hydrogens (tertiary/aromatic N) is 4. The predicted molar refractivity (Wildman–Crippen MR) is 163 cm³/mol. The van der Waals surface area contributed by atoms with Crippen molar-refractivity contribution >= 4 is 11.6 Å². The zero-order valence-corrected chi connectivity index (χ0v) is 24.5. The minimum atomic E-state index is -0.309. The van der Waals surface area contributed by atoms with Crippen LogP contribution in [-0.4, -0.2) is 65.6 Å². The molecule has 4 saturated carbocycles. The van der Waals surface area contributed by atoms with Crippen molar-refractivity contribution in [3.8, 4) is 16.9 Å². The second-order valence-electron chi connectivity index (χ2n) is 13.6. The number of benzene rings is 2. The van der Waals surface area contributed by atoms with E-state index in [2.05, 4.69) is 26.9 Å². The fourth-order valence-electron chi connectivity index (χ4n) is 8.98. The van der Waals surface area contributed by atoms with Gasteiger partial charge >= 0.3 is 0 Å². The second kappa shape index (κ2) is 11.0. The minimum Gasteiger partial charge on any atom is -0.506 e. The lowest BCUT2D eigenvalue weighted by atomic mass is 9.49. The highest BCUT2D eigenvalue weighted by atomic mass is 19.1. The molecule has 0 unspecified atom stereocenters. The zero-order chi connectivity index (χ0) is 28.8. The number of piperazine rings is 1. The van der Waals surface area contributed by atoms with Gasteiger partial charge in [0, 0.05) is 74.9 Å². The first-order valence-electron chi connectivity index (χ1n) is 15.6. The first-order chi connectivity index (χ1) is 20.3. The van der Waals surface area contributed by atoms with E-state index in [9.17, 15) is 14.3 Å². The van der Waals surface area contributed by atoms with Gasteiger partial charge in [0.1, 0.15) is 11.6 Å². The van der Waals surface area contributed by atoms with Crippen molar-refractivity contribution < 1.29 is 14.3 Å². The van der Waals surface area contributed by atoms with E-state index in [4.69, 9.17) is 0 Å². The van der Waals surface area contributed by atoms with E-state index in [0.717, 1.165) is 67.3 Å². The molecule has 1 amide bonds.